The first-order valence-corrected chi connectivity index (χ1v) is 8.72. The molecule has 2 amide bonds. The van der Waals surface area contributed by atoms with Gasteiger partial charge in [-0.25, -0.2) is 0 Å². The van der Waals surface area contributed by atoms with Gasteiger partial charge in [0, 0.05) is 24.2 Å². The van der Waals surface area contributed by atoms with Crippen LogP contribution in [0.15, 0.2) is 54.1 Å². The number of hydrogen-bond donors (Lipinski definition) is 1. The summed E-state index contributed by atoms with van der Waals surface area (Å²) in [7, 11) is 0. The Kier molecular flexibility index (Phi) is 4.21. The van der Waals surface area contributed by atoms with Crippen LogP contribution in [0.1, 0.15) is 17.5 Å². The van der Waals surface area contributed by atoms with E-state index in [0.717, 1.165) is 28.1 Å². The maximum atomic E-state index is 13.1. The van der Waals surface area contributed by atoms with Crippen molar-refractivity contribution in [2.24, 2.45) is 0 Å². The first-order chi connectivity index (χ1) is 12.6. The zero-order valence-electron chi connectivity index (χ0n) is 14.6. The highest BCUT2D eigenvalue weighted by Gasteiger charge is 2.39. The highest BCUT2D eigenvalue weighted by molar-refractivity contribution is 6.01. The third-order valence-electron chi connectivity index (χ3n) is 4.86. The van der Waals surface area contributed by atoms with Crippen LogP contribution in [0.25, 0.3) is 6.08 Å². The molecule has 1 N–H and O–H groups in total. The van der Waals surface area contributed by atoms with Crippen molar-refractivity contribution in [1.82, 2.24) is 4.90 Å². The van der Waals surface area contributed by atoms with Crippen molar-refractivity contribution >= 4 is 23.6 Å². The number of likely N-dealkylation sites (tertiary alicyclic amines) is 1. The third-order valence-corrected chi connectivity index (χ3v) is 4.86. The predicted molar refractivity (Wildman–Crippen MR) is 99.8 cm³/mol. The Morgan fingerprint density at radius 1 is 1.15 bits per heavy atom. The molecule has 26 heavy (non-hydrogen) atoms. The Labute approximate surface area is 152 Å². The molecule has 0 unspecified atom stereocenters. The Balaban J connectivity index is 1.65. The second kappa shape index (κ2) is 6.67. The van der Waals surface area contributed by atoms with E-state index in [4.69, 9.17) is 4.74 Å². The van der Waals surface area contributed by atoms with Gasteiger partial charge in [-0.2, -0.15) is 0 Å². The molecule has 1 saturated heterocycles. The van der Waals surface area contributed by atoms with Crippen LogP contribution in [0.4, 0.5) is 5.69 Å². The minimum Gasteiger partial charge on any atom is -0.489 e. The van der Waals surface area contributed by atoms with Gasteiger partial charge in [-0.15, -0.1) is 0 Å². The molecule has 132 valence electrons. The molecule has 0 aromatic heterocycles. The molecule has 2 aromatic rings. The molecule has 2 aromatic carbocycles. The van der Waals surface area contributed by atoms with Gasteiger partial charge < -0.3 is 15.0 Å². The van der Waals surface area contributed by atoms with E-state index in [-0.39, 0.29) is 11.8 Å². The molecule has 5 nitrogen and oxygen atoms in total. The van der Waals surface area contributed by atoms with Crippen molar-refractivity contribution in [2.45, 2.75) is 19.4 Å². The Bertz CT molecular complexity index is 904. The van der Waals surface area contributed by atoms with Crippen LogP contribution in [0, 0.1) is 6.92 Å². The molecule has 1 atom stereocenters. The zero-order chi connectivity index (χ0) is 18.1. The highest BCUT2D eigenvalue weighted by atomic mass is 16.5. The van der Waals surface area contributed by atoms with Gasteiger partial charge in [0.1, 0.15) is 18.4 Å². The van der Waals surface area contributed by atoms with Crippen molar-refractivity contribution in [1.29, 1.82) is 0 Å². The predicted octanol–water partition coefficient (Wildman–Crippen LogP) is 3.01. The average Bonchev–Trinajstić information content (AvgIpc) is 2.66. The number of ether oxygens (including phenoxy) is 1. The number of amides is 2. The molecule has 0 bridgehead atoms. The van der Waals surface area contributed by atoms with E-state index in [1.165, 1.54) is 0 Å². The molecule has 4 rings (SSSR count). The Morgan fingerprint density at radius 3 is 2.65 bits per heavy atom. The number of carbonyl (C=O) groups is 2. The molecule has 0 aliphatic carbocycles. The number of β-lactam (4-membered cyclic amide) rings is 1. The Morgan fingerprint density at radius 2 is 1.92 bits per heavy atom. The fourth-order valence-electron chi connectivity index (χ4n) is 3.32. The molecule has 2 aliphatic rings. The van der Waals surface area contributed by atoms with Crippen molar-refractivity contribution in [3.8, 4) is 5.75 Å². The number of anilines is 1. The molecule has 1 fully saturated rings. The van der Waals surface area contributed by atoms with Crippen LogP contribution in [0.2, 0.25) is 0 Å². The van der Waals surface area contributed by atoms with Gasteiger partial charge in [0.25, 0.3) is 5.91 Å². The lowest BCUT2D eigenvalue weighted by Crippen LogP contribution is -2.56. The summed E-state index contributed by atoms with van der Waals surface area (Å²) in [5.74, 6) is 0.584. The molecule has 5 heteroatoms. The largest absolute Gasteiger partial charge is 0.489 e. The van der Waals surface area contributed by atoms with Gasteiger partial charge in [0.2, 0.25) is 5.91 Å². The number of carbonyl (C=O) groups excluding carboxylic acids is 2. The second-order valence-corrected chi connectivity index (χ2v) is 6.59. The number of aryl methyl sites for hydroxylation is 1. The number of nitrogens with one attached hydrogen (secondary N) is 1. The second-order valence-electron chi connectivity index (χ2n) is 6.59. The van der Waals surface area contributed by atoms with E-state index in [0.29, 0.717) is 19.6 Å². The van der Waals surface area contributed by atoms with Gasteiger partial charge in [0.15, 0.2) is 0 Å². The van der Waals surface area contributed by atoms with Crippen LogP contribution in [0.5, 0.6) is 5.75 Å². The molecule has 0 radical (unpaired) electrons. The van der Waals surface area contributed by atoms with Gasteiger partial charge in [0.05, 0.1) is 0 Å². The normalized spacial score (nSPS) is 16.7. The van der Waals surface area contributed by atoms with Gasteiger partial charge in [-0.1, -0.05) is 36.4 Å². The standard InChI is InChI=1S/C21H20N2O3/c1-14-6-2-4-8-17(14)22-21(25)20(23-11-10-19(23)24)16-12-15-7-3-5-9-18(15)26-13-16/h2-9,12,20H,10-11,13H2,1H3,(H,22,25)/t20-/m1/s1. The number of rotatable bonds is 4. The van der Waals surface area contributed by atoms with E-state index >= 15 is 0 Å². The summed E-state index contributed by atoms with van der Waals surface area (Å²) >= 11 is 0. The molecular weight excluding hydrogens is 328 g/mol. The topological polar surface area (TPSA) is 58.6 Å². The fourth-order valence-corrected chi connectivity index (χ4v) is 3.32. The van der Waals surface area contributed by atoms with E-state index in [1.54, 1.807) is 4.90 Å². The van der Waals surface area contributed by atoms with Crippen LogP contribution in [0.3, 0.4) is 0 Å². The summed E-state index contributed by atoms with van der Waals surface area (Å²) in [4.78, 5) is 26.7. The summed E-state index contributed by atoms with van der Waals surface area (Å²) in [6.07, 6.45) is 2.45. The van der Waals surface area contributed by atoms with Crippen LogP contribution >= 0.6 is 0 Å². The first kappa shape index (κ1) is 16.4. The minimum absolute atomic E-state index is 0.00491. The molecule has 0 spiro atoms. The van der Waals surface area contributed by atoms with Crippen LogP contribution < -0.4 is 10.1 Å². The average molecular weight is 348 g/mol. The minimum atomic E-state index is -0.649. The summed E-state index contributed by atoms with van der Waals surface area (Å²) in [5.41, 5.74) is 3.46. The third kappa shape index (κ3) is 2.96. The zero-order valence-corrected chi connectivity index (χ0v) is 14.6. The van der Waals surface area contributed by atoms with Gasteiger partial charge in [-0.05, 0) is 36.3 Å². The van der Waals surface area contributed by atoms with E-state index in [1.807, 2.05) is 61.5 Å². The van der Waals surface area contributed by atoms with Crippen LogP contribution in [-0.2, 0) is 9.59 Å². The summed E-state index contributed by atoms with van der Waals surface area (Å²) in [6.45, 7) is 2.83. The van der Waals surface area contributed by atoms with Crippen LogP contribution in [-0.4, -0.2) is 35.9 Å². The number of fused-ring (bicyclic) bond motifs is 1. The van der Waals surface area contributed by atoms with Gasteiger partial charge >= 0.3 is 0 Å². The lowest BCUT2D eigenvalue weighted by Gasteiger charge is -2.39. The highest BCUT2D eigenvalue weighted by Crippen LogP contribution is 2.30. The molecule has 0 saturated carbocycles. The maximum absolute atomic E-state index is 13.1. The molecule has 2 aliphatic heterocycles. The lowest BCUT2D eigenvalue weighted by atomic mass is 9.96. The van der Waals surface area contributed by atoms with E-state index < -0.39 is 6.04 Å². The first-order valence-electron chi connectivity index (χ1n) is 8.72. The van der Waals surface area contributed by atoms with E-state index in [9.17, 15) is 9.59 Å². The van der Waals surface area contributed by atoms with Crippen molar-refractivity contribution in [2.75, 3.05) is 18.5 Å². The molecule has 2 heterocycles. The maximum Gasteiger partial charge on any atom is 0.251 e. The number of para-hydroxylation sites is 2. The summed E-state index contributed by atoms with van der Waals surface area (Å²) < 4.78 is 5.81. The number of hydrogen-bond acceptors (Lipinski definition) is 3. The molecular formula is C21H20N2O3. The SMILES string of the molecule is Cc1ccccc1NC(=O)[C@@H](C1=Cc2ccccc2OC1)N1CCC1=O. The summed E-state index contributed by atoms with van der Waals surface area (Å²) in [6, 6.07) is 14.7. The monoisotopic (exact) mass is 348 g/mol. The van der Waals surface area contributed by atoms with Gasteiger partial charge in [-0.3, -0.25) is 9.59 Å². The van der Waals surface area contributed by atoms with Crippen molar-refractivity contribution < 1.29 is 14.3 Å². The van der Waals surface area contributed by atoms with Crippen molar-refractivity contribution in [3.63, 3.8) is 0 Å². The lowest BCUT2D eigenvalue weighted by molar-refractivity contribution is -0.145. The van der Waals surface area contributed by atoms with Crippen molar-refractivity contribution in [3.05, 3.63) is 65.2 Å². The smallest absolute Gasteiger partial charge is 0.251 e. The summed E-state index contributed by atoms with van der Waals surface area (Å²) in [5, 5.41) is 2.97. The Hall–Kier alpha value is -3.08. The number of benzene rings is 2. The fraction of sp³-hybridized carbons (Fsp3) is 0.238. The van der Waals surface area contributed by atoms with E-state index in [2.05, 4.69) is 5.32 Å². The quantitative estimate of drug-likeness (QED) is 0.864. The number of nitrogens with zero attached hydrogens (tertiary/aromatic N) is 1.